The molecular formula is C52H30OS. The van der Waals surface area contributed by atoms with E-state index in [9.17, 15) is 0 Å². The van der Waals surface area contributed by atoms with E-state index in [0.29, 0.717) is 0 Å². The molecule has 0 saturated carbocycles. The lowest BCUT2D eigenvalue weighted by molar-refractivity contribution is 0.673. The highest BCUT2D eigenvalue weighted by molar-refractivity contribution is 7.26. The summed E-state index contributed by atoms with van der Waals surface area (Å²) in [6.45, 7) is 0. The number of rotatable bonds is 3. The Bertz CT molecular complexity index is 3440. The minimum Gasteiger partial charge on any atom is -0.455 e. The summed E-state index contributed by atoms with van der Waals surface area (Å²) < 4.78 is 9.09. The monoisotopic (exact) mass is 702 g/mol. The first-order valence-electron chi connectivity index (χ1n) is 18.5. The van der Waals surface area contributed by atoms with Gasteiger partial charge < -0.3 is 4.42 Å². The van der Waals surface area contributed by atoms with Gasteiger partial charge in [0.1, 0.15) is 11.2 Å². The van der Waals surface area contributed by atoms with E-state index in [1.54, 1.807) is 0 Å². The van der Waals surface area contributed by atoms with Crippen LogP contribution in [-0.4, -0.2) is 0 Å². The summed E-state index contributed by atoms with van der Waals surface area (Å²) in [5.41, 5.74) is 9.42. The van der Waals surface area contributed by atoms with Crippen molar-refractivity contribution >= 4 is 96.5 Å². The van der Waals surface area contributed by atoms with E-state index in [0.717, 1.165) is 11.2 Å². The Kier molecular flexibility index (Phi) is 6.28. The predicted octanol–water partition coefficient (Wildman–Crippen LogP) is 15.6. The Labute approximate surface area is 314 Å². The number of para-hydroxylation sites is 1. The lowest BCUT2D eigenvalue weighted by Gasteiger charge is -2.18. The molecule has 1 nitrogen and oxygen atoms in total. The fourth-order valence-electron chi connectivity index (χ4n) is 8.93. The SMILES string of the molecule is c1ccc(-c2c3ccccc3c(-c3ccc4cc(-c5ccc6sc7c(ccc8ccc9c%10ccccc%10oc9c87)c6c5)ccc4c3)c3ccccc23)cc1. The lowest BCUT2D eigenvalue weighted by atomic mass is 9.85. The third-order valence-corrected chi connectivity index (χ3v) is 12.6. The summed E-state index contributed by atoms with van der Waals surface area (Å²) in [5, 5.41) is 14.9. The smallest absolute Gasteiger partial charge is 0.144 e. The van der Waals surface area contributed by atoms with Crippen molar-refractivity contribution in [1.82, 2.24) is 0 Å². The van der Waals surface area contributed by atoms with Crippen molar-refractivity contribution in [2.75, 3.05) is 0 Å². The Morgan fingerprint density at radius 1 is 0.333 bits per heavy atom. The van der Waals surface area contributed by atoms with Crippen LogP contribution in [0.3, 0.4) is 0 Å². The van der Waals surface area contributed by atoms with Crippen molar-refractivity contribution in [3.8, 4) is 33.4 Å². The van der Waals surface area contributed by atoms with Crippen LogP contribution in [0, 0.1) is 0 Å². The second-order valence-corrected chi connectivity index (χ2v) is 15.4. The molecule has 0 amide bonds. The van der Waals surface area contributed by atoms with Crippen molar-refractivity contribution in [3.63, 3.8) is 0 Å². The van der Waals surface area contributed by atoms with Crippen LogP contribution in [-0.2, 0) is 0 Å². The van der Waals surface area contributed by atoms with Crippen LogP contribution >= 0.6 is 11.3 Å². The number of hydrogen-bond donors (Lipinski definition) is 0. The van der Waals surface area contributed by atoms with E-state index >= 15 is 0 Å². The Morgan fingerprint density at radius 2 is 0.870 bits per heavy atom. The summed E-state index contributed by atoms with van der Waals surface area (Å²) in [5.74, 6) is 0. The first kappa shape index (κ1) is 29.8. The molecule has 2 heteroatoms. The highest BCUT2D eigenvalue weighted by Crippen LogP contribution is 2.46. The van der Waals surface area contributed by atoms with Crippen molar-refractivity contribution in [1.29, 1.82) is 0 Å². The van der Waals surface area contributed by atoms with Gasteiger partial charge in [-0.05, 0) is 107 Å². The summed E-state index contributed by atoms with van der Waals surface area (Å²) in [6.07, 6.45) is 0. The fraction of sp³-hybridized carbons (Fsp3) is 0. The topological polar surface area (TPSA) is 13.1 Å². The summed E-state index contributed by atoms with van der Waals surface area (Å²) in [6, 6.07) is 66.7. The van der Waals surface area contributed by atoms with Gasteiger partial charge >= 0.3 is 0 Å². The molecule has 250 valence electrons. The summed E-state index contributed by atoms with van der Waals surface area (Å²) in [7, 11) is 0. The maximum absolute atomic E-state index is 6.51. The molecule has 0 N–H and O–H groups in total. The van der Waals surface area contributed by atoms with Gasteiger partial charge in [-0.2, -0.15) is 0 Å². The number of furan rings is 1. The predicted molar refractivity (Wildman–Crippen MR) is 233 cm³/mol. The molecule has 0 aliphatic heterocycles. The molecule has 0 fully saturated rings. The van der Waals surface area contributed by atoms with Crippen LogP contribution < -0.4 is 0 Å². The highest BCUT2D eigenvalue weighted by Gasteiger charge is 2.18. The van der Waals surface area contributed by atoms with Crippen LogP contribution in [0.2, 0.25) is 0 Å². The van der Waals surface area contributed by atoms with Crippen LogP contribution in [0.5, 0.6) is 0 Å². The van der Waals surface area contributed by atoms with Gasteiger partial charge in [0.05, 0.1) is 0 Å². The molecule has 0 radical (unpaired) electrons. The average Bonchev–Trinajstić information content (AvgIpc) is 3.81. The number of hydrogen-bond acceptors (Lipinski definition) is 2. The van der Waals surface area contributed by atoms with Gasteiger partial charge in [0.25, 0.3) is 0 Å². The van der Waals surface area contributed by atoms with Gasteiger partial charge in [0, 0.05) is 36.3 Å². The largest absolute Gasteiger partial charge is 0.455 e. The first-order chi connectivity index (χ1) is 26.8. The standard InChI is InChI=1S/C52H30OS/c1-2-10-31(11-3-1)48-39-13-4-6-15-41(39)49(42-16-7-5-14-40(42)48)37-21-20-33-28-34(18-19-35(33)29-37)36-24-27-47-45(30-36)44-26-23-32-22-25-43-38-12-8-9-17-46(38)53-51(43)50(32)52(44)54-47/h1-30H. The molecule has 2 heterocycles. The van der Waals surface area contributed by atoms with Crippen LogP contribution in [0.15, 0.2) is 186 Å². The molecule has 12 aromatic rings. The molecule has 0 bridgehead atoms. The minimum atomic E-state index is 0.937. The molecule has 2 aromatic heterocycles. The van der Waals surface area contributed by atoms with Gasteiger partial charge in [-0.15, -0.1) is 11.3 Å². The fourth-order valence-corrected chi connectivity index (χ4v) is 10.2. The Morgan fingerprint density at radius 3 is 1.59 bits per heavy atom. The van der Waals surface area contributed by atoms with Gasteiger partial charge in [-0.3, -0.25) is 0 Å². The van der Waals surface area contributed by atoms with Gasteiger partial charge in [-0.25, -0.2) is 0 Å². The Balaban J connectivity index is 0.992. The summed E-state index contributed by atoms with van der Waals surface area (Å²) >= 11 is 1.86. The minimum absolute atomic E-state index is 0.937. The van der Waals surface area contributed by atoms with Crippen LogP contribution in [0.25, 0.3) is 119 Å². The third-order valence-electron chi connectivity index (χ3n) is 11.4. The van der Waals surface area contributed by atoms with Gasteiger partial charge in [-0.1, -0.05) is 146 Å². The Hall–Kier alpha value is -6.74. The first-order valence-corrected chi connectivity index (χ1v) is 19.3. The van der Waals surface area contributed by atoms with E-state index < -0.39 is 0 Å². The highest BCUT2D eigenvalue weighted by atomic mass is 32.1. The number of fused-ring (bicyclic) bond motifs is 12. The van der Waals surface area contributed by atoms with Gasteiger partial charge in [0.15, 0.2) is 0 Å². The second kappa shape index (κ2) is 11.4. The van der Waals surface area contributed by atoms with Crippen LogP contribution in [0.1, 0.15) is 0 Å². The molecule has 0 atom stereocenters. The van der Waals surface area contributed by atoms with Crippen molar-refractivity contribution in [2.24, 2.45) is 0 Å². The number of benzene rings is 10. The normalized spacial score (nSPS) is 12.1. The van der Waals surface area contributed by atoms with E-state index in [1.807, 2.05) is 17.4 Å². The molecule has 54 heavy (non-hydrogen) atoms. The second-order valence-electron chi connectivity index (χ2n) is 14.4. The maximum atomic E-state index is 6.51. The van der Waals surface area contributed by atoms with Crippen LogP contribution in [0.4, 0.5) is 0 Å². The molecule has 0 aliphatic carbocycles. The zero-order valence-electron chi connectivity index (χ0n) is 29.1. The molecule has 0 spiro atoms. The third kappa shape index (κ3) is 4.32. The molecule has 0 unspecified atom stereocenters. The van der Waals surface area contributed by atoms with E-state index in [4.69, 9.17) is 4.42 Å². The van der Waals surface area contributed by atoms with E-state index in [-0.39, 0.29) is 0 Å². The zero-order chi connectivity index (χ0) is 35.3. The van der Waals surface area contributed by atoms with E-state index in [1.165, 1.54) is 107 Å². The maximum Gasteiger partial charge on any atom is 0.144 e. The molecule has 0 saturated heterocycles. The zero-order valence-corrected chi connectivity index (χ0v) is 30.0. The average molecular weight is 703 g/mol. The van der Waals surface area contributed by atoms with Crippen molar-refractivity contribution in [3.05, 3.63) is 182 Å². The number of thiophene rings is 1. The molecule has 10 aromatic carbocycles. The molecule has 0 aliphatic rings. The molecule has 12 rings (SSSR count). The van der Waals surface area contributed by atoms with Crippen molar-refractivity contribution in [2.45, 2.75) is 0 Å². The van der Waals surface area contributed by atoms with Gasteiger partial charge in [0.2, 0.25) is 0 Å². The lowest BCUT2D eigenvalue weighted by Crippen LogP contribution is -1.90. The van der Waals surface area contributed by atoms with E-state index in [2.05, 4.69) is 176 Å². The van der Waals surface area contributed by atoms with Crippen molar-refractivity contribution < 1.29 is 4.42 Å². The molecular weight excluding hydrogens is 673 g/mol. The summed E-state index contributed by atoms with van der Waals surface area (Å²) in [4.78, 5) is 0. The quantitative estimate of drug-likeness (QED) is 0.167.